The lowest BCUT2D eigenvalue weighted by molar-refractivity contribution is -0.137. The van der Waals surface area contributed by atoms with Crippen LogP contribution < -0.4 is 10.1 Å². The Morgan fingerprint density at radius 3 is 2.67 bits per heavy atom. The Morgan fingerprint density at radius 2 is 2.17 bits per heavy atom. The summed E-state index contributed by atoms with van der Waals surface area (Å²) in [4.78, 5) is 3.61. The summed E-state index contributed by atoms with van der Waals surface area (Å²) in [6, 6.07) is 0.826. The highest BCUT2D eigenvalue weighted by Crippen LogP contribution is 2.33. The third-order valence-corrected chi connectivity index (χ3v) is 2.70. The van der Waals surface area contributed by atoms with Crippen LogP contribution in [0.3, 0.4) is 0 Å². The first-order valence-corrected chi connectivity index (χ1v) is 5.45. The smallest absolute Gasteiger partial charge is 0.417 e. The van der Waals surface area contributed by atoms with E-state index >= 15 is 0 Å². The lowest BCUT2D eigenvalue weighted by Crippen LogP contribution is -2.20. The molecular weight excluding hydrogens is 292 g/mol. The normalized spacial score (nSPS) is 19.4. The zero-order valence-corrected chi connectivity index (χ0v) is 10.7. The van der Waals surface area contributed by atoms with Crippen molar-refractivity contribution in [3.8, 4) is 5.88 Å². The van der Waals surface area contributed by atoms with E-state index in [0.717, 1.165) is 25.2 Å². The van der Waals surface area contributed by atoms with Crippen molar-refractivity contribution in [1.82, 2.24) is 10.3 Å². The molecule has 1 saturated heterocycles. The van der Waals surface area contributed by atoms with Crippen LogP contribution >= 0.6 is 24.0 Å². The number of ether oxygens (including phenoxy) is 1. The minimum atomic E-state index is -4.44. The second-order valence-electron chi connectivity index (χ2n) is 3.74. The molecule has 0 spiro atoms. The lowest BCUT2D eigenvalue weighted by atomic mass is 10.3. The van der Waals surface area contributed by atoms with Crippen LogP contribution in [0.1, 0.15) is 12.0 Å². The molecule has 1 aliphatic heterocycles. The number of hydrogen-bond acceptors (Lipinski definition) is 3. The molecule has 0 aromatic carbocycles. The van der Waals surface area contributed by atoms with E-state index < -0.39 is 11.7 Å². The predicted octanol–water partition coefficient (Wildman–Crippen LogP) is 2.92. The average molecular weight is 303 g/mol. The van der Waals surface area contributed by atoms with E-state index in [1.54, 1.807) is 0 Å². The summed E-state index contributed by atoms with van der Waals surface area (Å²) in [7, 11) is 0. The van der Waals surface area contributed by atoms with Gasteiger partial charge in [0.1, 0.15) is 11.1 Å². The standard InChI is InChI=1S/C10H10ClF3N2O.ClH/c11-8-3-6(10(12,13)14)4-16-9(8)17-7-1-2-15-5-7;/h3-4,7,15H,1-2,5H2;1H/t7-;/m0./s1. The zero-order valence-electron chi connectivity index (χ0n) is 9.13. The molecule has 18 heavy (non-hydrogen) atoms. The topological polar surface area (TPSA) is 34.1 Å². The Labute approximate surface area is 113 Å². The first kappa shape index (κ1) is 15.3. The van der Waals surface area contributed by atoms with Crippen LogP contribution in [0.5, 0.6) is 5.88 Å². The molecular formula is C10H11Cl2F3N2O. The van der Waals surface area contributed by atoms with Crippen LogP contribution in [0.4, 0.5) is 13.2 Å². The van der Waals surface area contributed by atoms with Gasteiger partial charge in [0.25, 0.3) is 0 Å². The summed E-state index contributed by atoms with van der Waals surface area (Å²) in [6.45, 7) is 1.47. The van der Waals surface area contributed by atoms with Gasteiger partial charge in [0.15, 0.2) is 0 Å². The van der Waals surface area contributed by atoms with Gasteiger partial charge in [-0.25, -0.2) is 4.98 Å². The molecule has 1 fully saturated rings. The first-order valence-electron chi connectivity index (χ1n) is 5.07. The highest BCUT2D eigenvalue weighted by atomic mass is 35.5. The molecule has 2 rings (SSSR count). The van der Waals surface area contributed by atoms with Crippen LogP contribution in [0, 0.1) is 0 Å². The van der Waals surface area contributed by atoms with Gasteiger partial charge in [-0.3, -0.25) is 0 Å². The lowest BCUT2D eigenvalue weighted by Gasteiger charge is -2.13. The number of nitrogens with zero attached hydrogens (tertiary/aromatic N) is 1. The molecule has 3 nitrogen and oxygen atoms in total. The van der Waals surface area contributed by atoms with Crippen molar-refractivity contribution in [2.24, 2.45) is 0 Å². The van der Waals surface area contributed by atoms with Crippen molar-refractivity contribution in [3.63, 3.8) is 0 Å². The minimum absolute atomic E-state index is 0. The van der Waals surface area contributed by atoms with Gasteiger partial charge in [0.2, 0.25) is 5.88 Å². The molecule has 0 amide bonds. The maximum atomic E-state index is 12.4. The number of alkyl halides is 3. The molecule has 0 radical (unpaired) electrons. The van der Waals surface area contributed by atoms with E-state index in [1.165, 1.54) is 0 Å². The Bertz CT molecular complexity index is 409. The van der Waals surface area contributed by atoms with Crippen LogP contribution in [0.15, 0.2) is 12.3 Å². The van der Waals surface area contributed by atoms with Crippen molar-refractivity contribution in [2.75, 3.05) is 13.1 Å². The fourth-order valence-corrected chi connectivity index (χ4v) is 1.76. The number of nitrogens with one attached hydrogen (secondary N) is 1. The molecule has 0 unspecified atom stereocenters. The fraction of sp³-hybridized carbons (Fsp3) is 0.500. The summed E-state index contributed by atoms with van der Waals surface area (Å²) < 4.78 is 42.5. The molecule has 1 atom stereocenters. The van der Waals surface area contributed by atoms with E-state index in [4.69, 9.17) is 16.3 Å². The molecule has 0 saturated carbocycles. The van der Waals surface area contributed by atoms with Gasteiger partial charge in [-0.1, -0.05) is 11.6 Å². The quantitative estimate of drug-likeness (QED) is 0.912. The molecule has 1 aromatic rings. The highest BCUT2D eigenvalue weighted by molar-refractivity contribution is 6.31. The molecule has 1 aliphatic rings. The molecule has 1 N–H and O–H groups in total. The summed E-state index contributed by atoms with van der Waals surface area (Å²) in [5.74, 6) is 0.0494. The van der Waals surface area contributed by atoms with Crippen LogP contribution in [0.2, 0.25) is 5.02 Å². The Hall–Kier alpha value is -0.720. The van der Waals surface area contributed by atoms with E-state index in [9.17, 15) is 13.2 Å². The van der Waals surface area contributed by atoms with E-state index in [1.807, 2.05) is 0 Å². The van der Waals surface area contributed by atoms with E-state index in [-0.39, 0.29) is 29.4 Å². The van der Waals surface area contributed by atoms with Gasteiger partial charge in [-0.05, 0) is 19.0 Å². The van der Waals surface area contributed by atoms with E-state index in [2.05, 4.69) is 10.3 Å². The van der Waals surface area contributed by atoms with Gasteiger partial charge in [-0.2, -0.15) is 13.2 Å². The number of rotatable bonds is 2. The van der Waals surface area contributed by atoms with Crippen molar-refractivity contribution in [1.29, 1.82) is 0 Å². The Morgan fingerprint density at radius 1 is 1.44 bits per heavy atom. The molecule has 0 aliphatic carbocycles. The summed E-state index contributed by atoms with van der Waals surface area (Å²) >= 11 is 5.71. The van der Waals surface area contributed by atoms with Gasteiger partial charge in [0.05, 0.1) is 5.56 Å². The van der Waals surface area contributed by atoms with Crippen molar-refractivity contribution >= 4 is 24.0 Å². The molecule has 102 valence electrons. The number of halogens is 5. The largest absolute Gasteiger partial charge is 0.472 e. The number of pyridine rings is 1. The molecule has 0 bridgehead atoms. The first-order chi connectivity index (χ1) is 7.97. The third-order valence-electron chi connectivity index (χ3n) is 2.43. The molecule has 1 aromatic heterocycles. The highest BCUT2D eigenvalue weighted by Gasteiger charge is 2.32. The summed E-state index contributed by atoms with van der Waals surface area (Å²) in [5, 5.41) is 2.95. The van der Waals surface area contributed by atoms with Gasteiger partial charge < -0.3 is 10.1 Å². The average Bonchev–Trinajstić information content (AvgIpc) is 2.72. The van der Waals surface area contributed by atoms with Crippen LogP contribution in [-0.2, 0) is 6.18 Å². The van der Waals surface area contributed by atoms with Gasteiger partial charge in [-0.15, -0.1) is 12.4 Å². The third kappa shape index (κ3) is 3.63. The maximum absolute atomic E-state index is 12.4. The Kier molecular flexibility index (Phi) is 5.07. The van der Waals surface area contributed by atoms with Crippen LogP contribution in [-0.4, -0.2) is 24.2 Å². The minimum Gasteiger partial charge on any atom is -0.472 e. The summed E-state index contributed by atoms with van der Waals surface area (Å²) in [6.07, 6.45) is -3.01. The fourth-order valence-electron chi connectivity index (χ4n) is 1.55. The second kappa shape index (κ2) is 5.95. The van der Waals surface area contributed by atoms with Gasteiger partial charge >= 0.3 is 6.18 Å². The molecule has 2 heterocycles. The van der Waals surface area contributed by atoms with Gasteiger partial charge in [0, 0.05) is 12.7 Å². The maximum Gasteiger partial charge on any atom is 0.417 e. The predicted molar refractivity (Wildman–Crippen MR) is 63.4 cm³/mol. The number of aromatic nitrogens is 1. The Balaban J connectivity index is 0.00000162. The molecule has 8 heteroatoms. The number of hydrogen-bond donors (Lipinski definition) is 1. The zero-order chi connectivity index (χ0) is 12.5. The van der Waals surface area contributed by atoms with Crippen molar-refractivity contribution in [3.05, 3.63) is 22.8 Å². The van der Waals surface area contributed by atoms with Crippen LogP contribution in [0.25, 0.3) is 0 Å². The second-order valence-corrected chi connectivity index (χ2v) is 4.15. The van der Waals surface area contributed by atoms with E-state index in [0.29, 0.717) is 6.54 Å². The SMILES string of the molecule is Cl.FC(F)(F)c1cnc(O[C@H]2CCNC2)c(Cl)c1. The van der Waals surface area contributed by atoms with Crippen molar-refractivity contribution in [2.45, 2.75) is 18.7 Å². The summed E-state index contributed by atoms with van der Waals surface area (Å²) in [5.41, 5.74) is -0.876. The van der Waals surface area contributed by atoms with Crippen molar-refractivity contribution < 1.29 is 17.9 Å². The monoisotopic (exact) mass is 302 g/mol.